The van der Waals surface area contributed by atoms with Crippen molar-refractivity contribution in [2.24, 2.45) is 0 Å². The second-order valence-corrected chi connectivity index (χ2v) is 4.14. The van der Waals surface area contributed by atoms with Crippen molar-refractivity contribution in [1.29, 1.82) is 5.26 Å². The van der Waals surface area contributed by atoms with Gasteiger partial charge in [-0.05, 0) is 30.3 Å². The minimum Gasteiger partial charge on any atom is -0.339 e. The summed E-state index contributed by atoms with van der Waals surface area (Å²) in [5.41, 5.74) is 1.23. The number of nitrogens with one attached hydrogen (secondary N) is 1. The van der Waals surface area contributed by atoms with Gasteiger partial charge >= 0.3 is 0 Å². The molecule has 1 heterocycles. The molecule has 3 nitrogen and oxygen atoms in total. The average Bonchev–Trinajstić information content (AvgIpc) is 2.34. The van der Waals surface area contributed by atoms with Crippen molar-refractivity contribution in [3.8, 4) is 6.07 Å². The molecule has 1 aromatic heterocycles. The number of pyridine rings is 1. The summed E-state index contributed by atoms with van der Waals surface area (Å²) < 4.78 is 0. The molecule has 84 valence electrons. The van der Waals surface area contributed by atoms with Crippen LogP contribution in [-0.4, -0.2) is 4.98 Å². The maximum absolute atomic E-state index is 8.65. The largest absolute Gasteiger partial charge is 0.339 e. The Hall–Kier alpha value is -1.76. The van der Waals surface area contributed by atoms with Gasteiger partial charge in [-0.25, -0.2) is 4.98 Å². The highest BCUT2D eigenvalue weighted by atomic mass is 35.5. The molecule has 0 aliphatic carbocycles. The minimum atomic E-state index is 0.512. The standard InChI is InChI=1S/C12H7Cl2N3/c13-9-2-3-11(10(14)5-9)17-12-4-1-8(6-15)7-16-12/h1-5,7H,(H,16,17). The number of halogens is 2. The molecule has 2 rings (SSSR count). The Kier molecular flexibility index (Phi) is 3.48. The van der Waals surface area contributed by atoms with Crippen molar-refractivity contribution in [2.75, 3.05) is 5.32 Å². The van der Waals surface area contributed by atoms with Crippen LogP contribution in [-0.2, 0) is 0 Å². The van der Waals surface area contributed by atoms with E-state index in [2.05, 4.69) is 10.3 Å². The van der Waals surface area contributed by atoms with Gasteiger partial charge in [-0.1, -0.05) is 23.2 Å². The Morgan fingerprint density at radius 1 is 1.18 bits per heavy atom. The molecule has 0 amide bonds. The fourth-order valence-corrected chi connectivity index (χ4v) is 1.72. The van der Waals surface area contributed by atoms with E-state index in [-0.39, 0.29) is 0 Å². The third-order valence-corrected chi connectivity index (χ3v) is 2.63. The Morgan fingerprint density at radius 2 is 2.00 bits per heavy atom. The first kappa shape index (κ1) is 11.7. The maximum Gasteiger partial charge on any atom is 0.130 e. The van der Waals surface area contributed by atoms with Gasteiger partial charge in [0.15, 0.2) is 0 Å². The number of anilines is 2. The molecule has 0 saturated carbocycles. The zero-order chi connectivity index (χ0) is 12.3. The first-order valence-corrected chi connectivity index (χ1v) is 5.53. The molecule has 0 radical (unpaired) electrons. The van der Waals surface area contributed by atoms with Crippen LogP contribution in [0.3, 0.4) is 0 Å². The smallest absolute Gasteiger partial charge is 0.130 e. The topological polar surface area (TPSA) is 48.7 Å². The van der Waals surface area contributed by atoms with Gasteiger partial charge < -0.3 is 5.32 Å². The van der Waals surface area contributed by atoms with Crippen molar-refractivity contribution in [3.63, 3.8) is 0 Å². The molecule has 0 unspecified atom stereocenters. The van der Waals surface area contributed by atoms with E-state index in [1.807, 2.05) is 6.07 Å². The van der Waals surface area contributed by atoms with Crippen LogP contribution in [0.5, 0.6) is 0 Å². The fraction of sp³-hybridized carbons (Fsp3) is 0. The molecule has 0 bridgehead atoms. The monoisotopic (exact) mass is 263 g/mol. The van der Waals surface area contributed by atoms with E-state index in [1.165, 1.54) is 6.20 Å². The van der Waals surface area contributed by atoms with Crippen LogP contribution in [0.25, 0.3) is 0 Å². The molecule has 0 spiro atoms. The minimum absolute atomic E-state index is 0.512. The van der Waals surface area contributed by atoms with Crippen LogP contribution in [0, 0.1) is 11.3 Å². The van der Waals surface area contributed by atoms with Gasteiger partial charge in [0.05, 0.1) is 16.3 Å². The summed E-state index contributed by atoms with van der Waals surface area (Å²) in [7, 11) is 0. The summed E-state index contributed by atoms with van der Waals surface area (Å²) >= 11 is 11.8. The van der Waals surface area contributed by atoms with Gasteiger partial charge in [0.1, 0.15) is 11.9 Å². The number of nitrogens with zero attached hydrogens (tertiary/aromatic N) is 2. The predicted molar refractivity (Wildman–Crippen MR) is 68.7 cm³/mol. The van der Waals surface area contributed by atoms with Gasteiger partial charge in [0.2, 0.25) is 0 Å². The Labute approximate surface area is 109 Å². The normalized spacial score (nSPS) is 9.71. The maximum atomic E-state index is 8.65. The predicted octanol–water partition coefficient (Wildman–Crippen LogP) is 4.00. The molecule has 0 aliphatic rings. The molecular weight excluding hydrogens is 257 g/mol. The number of benzene rings is 1. The Balaban J connectivity index is 2.23. The van der Waals surface area contributed by atoms with Gasteiger partial charge in [0.25, 0.3) is 0 Å². The van der Waals surface area contributed by atoms with E-state index in [1.54, 1.807) is 30.3 Å². The zero-order valence-electron chi connectivity index (χ0n) is 8.61. The van der Waals surface area contributed by atoms with E-state index < -0.39 is 0 Å². The van der Waals surface area contributed by atoms with Crippen molar-refractivity contribution in [1.82, 2.24) is 4.98 Å². The van der Waals surface area contributed by atoms with Gasteiger partial charge in [-0.2, -0.15) is 5.26 Å². The van der Waals surface area contributed by atoms with Crippen LogP contribution < -0.4 is 5.32 Å². The first-order valence-electron chi connectivity index (χ1n) is 4.77. The van der Waals surface area contributed by atoms with Crippen molar-refractivity contribution >= 4 is 34.7 Å². The van der Waals surface area contributed by atoms with Crippen molar-refractivity contribution < 1.29 is 0 Å². The molecule has 0 fully saturated rings. The third kappa shape index (κ3) is 2.88. The molecule has 0 aliphatic heterocycles. The van der Waals surface area contributed by atoms with Gasteiger partial charge in [-0.15, -0.1) is 0 Å². The third-order valence-electron chi connectivity index (χ3n) is 2.09. The number of hydrogen-bond acceptors (Lipinski definition) is 3. The molecule has 1 N–H and O–H groups in total. The van der Waals surface area contributed by atoms with Crippen LogP contribution in [0.2, 0.25) is 10.0 Å². The number of nitriles is 1. The summed E-state index contributed by atoms with van der Waals surface area (Å²) in [6, 6.07) is 10.5. The van der Waals surface area contributed by atoms with Crippen molar-refractivity contribution in [2.45, 2.75) is 0 Å². The summed E-state index contributed by atoms with van der Waals surface area (Å²) in [6.45, 7) is 0. The summed E-state index contributed by atoms with van der Waals surface area (Å²) in [5, 5.41) is 12.8. The molecule has 0 saturated heterocycles. The van der Waals surface area contributed by atoms with Gasteiger partial charge in [0, 0.05) is 11.2 Å². The van der Waals surface area contributed by atoms with E-state index in [0.717, 1.165) is 0 Å². The van der Waals surface area contributed by atoms with Gasteiger partial charge in [-0.3, -0.25) is 0 Å². The van der Waals surface area contributed by atoms with E-state index in [4.69, 9.17) is 28.5 Å². The molecular formula is C12H7Cl2N3. The van der Waals surface area contributed by atoms with Crippen LogP contribution in [0.15, 0.2) is 36.5 Å². The van der Waals surface area contributed by atoms with E-state index in [0.29, 0.717) is 27.1 Å². The molecule has 2 aromatic rings. The van der Waals surface area contributed by atoms with Crippen LogP contribution in [0.4, 0.5) is 11.5 Å². The highest BCUT2D eigenvalue weighted by Gasteiger charge is 2.02. The second kappa shape index (κ2) is 5.05. The lowest BCUT2D eigenvalue weighted by Gasteiger charge is -2.07. The second-order valence-electron chi connectivity index (χ2n) is 3.29. The van der Waals surface area contributed by atoms with Crippen molar-refractivity contribution in [3.05, 3.63) is 52.1 Å². The van der Waals surface area contributed by atoms with Crippen LogP contribution >= 0.6 is 23.2 Å². The summed E-state index contributed by atoms with van der Waals surface area (Å²) in [6.07, 6.45) is 1.49. The highest BCUT2D eigenvalue weighted by Crippen LogP contribution is 2.27. The molecule has 1 aromatic carbocycles. The summed E-state index contributed by atoms with van der Waals surface area (Å²) in [5.74, 6) is 0.619. The van der Waals surface area contributed by atoms with E-state index in [9.17, 15) is 0 Å². The fourth-order valence-electron chi connectivity index (χ4n) is 1.26. The lowest BCUT2D eigenvalue weighted by Crippen LogP contribution is -1.94. The molecule has 17 heavy (non-hydrogen) atoms. The SMILES string of the molecule is N#Cc1ccc(Nc2ccc(Cl)cc2Cl)nc1. The lowest BCUT2D eigenvalue weighted by molar-refractivity contribution is 1.29. The Morgan fingerprint density at radius 3 is 2.59 bits per heavy atom. The number of aromatic nitrogens is 1. The molecule has 5 heteroatoms. The quantitative estimate of drug-likeness (QED) is 0.891. The first-order chi connectivity index (χ1) is 8.19. The molecule has 0 atom stereocenters. The summed E-state index contributed by atoms with van der Waals surface area (Å²) in [4.78, 5) is 4.08. The van der Waals surface area contributed by atoms with E-state index >= 15 is 0 Å². The zero-order valence-corrected chi connectivity index (χ0v) is 10.1. The number of rotatable bonds is 2. The average molecular weight is 264 g/mol. The van der Waals surface area contributed by atoms with Crippen LogP contribution in [0.1, 0.15) is 5.56 Å². The Bertz CT molecular complexity index is 573. The lowest BCUT2D eigenvalue weighted by atomic mass is 10.3. The highest BCUT2D eigenvalue weighted by molar-refractivity contribution is 6.36. The number of hydrogen-bond donors (Lipinski definition) is 1.